The Kier molecular flexibility index (Phi) is 6.09. The third kappa shape index (κ3) is 5.35. The van der Waals surface area contributed by atoms with E-state index in [0.717, 1.165) is 48.7 Å². The van der Waals surface area contributed by atoms with Crippen LogP contribution in [-0.4, -0.2) is 39.4 Å². The van der Waals surface area contributed by atoms with Crippen LogP contribution < -0.4 is 10.2 Å². The quantitative estimate of drug-likeness (QED) is 0.674. The molecule has 4 rings (SSSR count). The zero-order valence-electron chi connectivity index (χ0n) is 16.4. The first kappa shape index (κ1) is 19.4. The second-order valence-corrected chi connectivity index (χ2v) is 8.49. The third-order valence-electron chi connectivity index (χ3n) is 5.16. The standard InChI is InChI=1S/C21H24N6OS/c1-15-4-6-16(7-5-15)13-19(28)23-21-26-25-20(29-21)14-17-8-11-27(12-9-17)18-3-2-10-22-24-18/h2-7,10,17H,8-9,11-14H2,1H3,(H,23,26,28). The number of aromatic nitrogens is 4. The van der Waals surface area contributed by atoms with Crippen LogP contribution in [-0.2, 0) is 17.6 Å². The van der Waals surface area contributed by atoms with Crippen molar-refractivity contribution in [2.75, 3.05) is 23.3 Å². The minimum atomic E-state index is -0.0613. The molecule has 7 nitrogen and oxygen atoms in total. The molecule has 1 aliphatic heterocycles. The number of benzene rings is 1. The molecule has 150 valence electrons. The maximum Gasteiger partial charge on any atom is 0.230 e. The van der Waals surface area contributed by atoms with Crippen molar-refractivity contribution in [3.05, 3.63) is 58.7 Å². The van der Waals surface area contributed by atoms with E-state index in [1.807, 2.05) is 43.3 Å². The van der Waals surface area contributed by atoms with E-state index >= 15 is 0 Å². The lowest BCUT2D eigenvalue weighted by Gasteiger charge is -2.32. The fraction of sp³-hybridized carbons (Fsp3) is 0.381. The van der Waals surface area contributed by atoms with Crippen LogP contribution in [0, 0.1) is 12.8 Å². The van der Waals surface area contributed by atoms with Crippen LogP contribution in [0.15, 0.2) is 42.6 Å². The highest BCUT2D eigenvalue weighted by Crippen LogP contribution is 2.26. The Morgan fingerprint density at radius 3 is 2.66 bits per heavy atom. The summed E-state index contributed by atoms with van der Waals surface area (Å²) in [4.78, 5) is 14.5. The molecule has 0 unspecified atom stereocenters. The molecule has 1 amide bonds. The van der Waals surface area contributed by atoms with Crippen LogP contribution in [0.5, 0.6) is 0 Å². The Morgan fingerprint density at radius 1 is 1.14 bits per heavy atom. The smallest absolute Gasteiger partial charge is 0.230 e. The second kappa shape index (κ2) is 9.09. The van der Waals surface area contributed by atoms with E-state index in [1.165, 1.54) is 16.9 Å². The molecule has 3 aromatic rings. The van der Waals surface area contributed by atoms with Gasteiger partial charge < -0.3 is 10.2 Å². The van der Waals surface area contributed by atoms with Gasteiger partial charge in [-0.2, -0.15) is 5.10 Å². The predicted molar refractivity (Wildman–Crippen MR) is 114 cm³/mol. The van der Waals surface area contributed by atoms with E-state index in [4.69, 9.17) is 0 Å². The number of aryl methyl sites for hydroxylation is 1. The fourth-order valence-electron chi connectivity index (χ4n) is 3.52. The summed E-state index contributed by atoms with van der Waals surface area (Å²) in [7, 11) is 0. The van der Waals surface area contributed by atoms with Gasteiger partial charge in [0.1, 0.15) is 5.01 Å². The minimum absolute atomic E-state index is 0.0613. The summed E-state index contributed by atoms with van der Waals surface area (Å²) in [6, 6.07) is 11.9. The molecule has 8 heteroatoms. The lowest BCUT2D eigenvalue weighted by Crippen LogP contribution is -2.34. The number of nitrogens with zero attached hydrogens (tertiary/aromatic N) is 5. The van der Waals surface area contributed by atoms with Crippen LogP contribution in [0.4, 0.5) is 10.9 Å². The number of nitrogens with one attached hydrogen (secondary N) is 1. The number of amides is 1. The molecule has 1 aliphatic rings. The Balaban J connectivity index is 1.25. The SMILES string of the molecule is Cc1ccc(CC(=O)Nc2nnc(CC3CCN(c4cccnn4)CC3)s2)cc1. The molecule has 0 radical (unpaired) electrons. The van der Waals surface area contributed by atoms with Crippen LogP contribution in [0.2, 0.25) is 0 Å². The molecule has 1 N–H and O–H groups in total. The zero-order valence-corrected chi connectivity index (χ0v) is 17.2. The van der Waals surface area contributed by atoms with Gasteiger partial charge in [-0.05, 0) is 43.4 Å². The van der Waals surface area contributed by atoms with Crippen molar-refractivity contribution in [1.29, 1.82) is 0 Å². The molecule has 0 spiro atoms. The summed E-state index contributed by atoms with van der Waals surface area (Å²) in [5.41, 5.74) is 2.18. The van der Waals surface area contributed by atoms with Crippen molar-refractivity contribution >= 4 is 28.2 Å². The summed E-state index contributed by atoms with van der Waals surface area (Å²) in [5, 5.41) is 21.0. The van der Waals surface area contributed by atoms with Gasteiger partial charge in [0.05, 0.1) is 6.42 Å². The van der Waals surface area contributed by atoms with Crippen LogP contribution >= 0.6 is 11.3 Å². The average Bonchev–Trinajstić information content (AvgIpc) is 3.17. The van der Waals surface area contributed by atoms with Crippen molar-refractivity contribution in [2.45, 2.75) is 32.6 Å². The molecule has 0 saturated carbocycles. The van der Waals surface area contributed by atoms with Crippen LogP contribution in [0.1, 0.15) is 29.0 Å². The van der Waals surface area contributed by atoms with Crippen molar-refractivity contribution in [2.24, 2.45) is 5.92 Å². The summed E-state index contributed by atoms with van der Waals surface area (Å²) in [6.07, 6.45) is 5.12. The van der Waals surface area contributed by atoms with Crippen molar-refractivity contribution in [3.8, 4) is 0 Å². The molecule has 1 fully saturated rings. The number of piperidine rings is 1. The van der Waals surface area contributed by atoms with Gasteiger partial charge in [0.2, 0.25) is 11.0 Å². The van der Waals surface area contributed by atoms with Gasteiger partial charge in [-0.25, -0.2) is 0 Å². The average molecular weight is 409 g/mol. The second-order valence-electron chi connectivity index (χ2n) is 7.43. The highest BCUT2D eigenvalue weighted by molar-refractivity contribution is 7.15. The zero-order chi connectivity index (χ0) is 20.1. The summed E-state index contributed by atoms with van der Waals surface area (Å²) in [6.45, 7) is 3.98. The van der Waals surface area contributed by atoms with Gasteiger partial charge in [-0.3, -0.25) is 4.79 Å². The van der Waals surface area contributed by atoms with Gasteiger partial charge in [0, 0.05) is 25.7 Å². The van der Waals surface area contributed by atoms with Crippen LogP contribution in [0.25, 0.3) is 0 Å². The molecular formula is C21H24N6OS. The Labute approximate surface area is 174 Å². The maximum absolute atomic E-state index is 12.2. The summed E-state index contributed by atoms with van der Waals surface area (Å²) in [5.74, 6) is 1.46. The molecular weight excluding hydrogens is 384 g/mol. The Bertz CT molecular complexity index is 935. The first-order valence-electron chi connectivity index (χ1n) is 9.86. The normalized spacial score (nSPS) is 14.7. The number of carbonyl (C=O) groups is 1. The predicted octanol–water partition coefficient (Wildman–Crippen LogP) is 3.28. The monoisotopic (exact) mass is 408 g/mol. The molecule has 0 aliphatic carbocycles. The van der Waals surface area contributed by atoms with Gasteiger partial charge >= 0.3 is 0 Å². The largest absolute Gasteiger partial charge is 0.355 e. The minimum Gasteiger partial charge on any atom is -0.355 e. The van der Waals surface area contributed by atoms with Gasteiger partial charge in [0.25, 0.3) is 0 Å². The number of rotatable bonds is 6. The maximum atomic E-state index is 12.2. The lowest BCUT2D eigenvalue weighted by atomic mass is 9.94. The lowest BCUT2D eigenvalue weighted by molar-refractivity contribution is -0.115. The van der Waals surface area contributed by atoms with Crippen molar-refractivity contribution < 1.29 is 4.79 Å². The van der Waals surface area contributed by atoms with Gasteiger partial charge in [-0.15, -0.1) is 15.3 Å². The Morgan fingerprint density at radius 2 is 1.93 bits per heavy atom. The first-order chi connectivity index (χ1) is 14.2. The summed E-state index contributed by atoms with van der Waals surface area (Å²) >= 11 is 1.47. The van der Waals surface area contributed by atoms with E-state index in [-0.39, 0.29) is 5.91 Å². The molecule has 2 aromatic heterocycles. The van der Waals surface area contributed by atoms with E-state index in [1.54, 1.807) is 6.20 Å². The third-order valence-corrected chi connectivity index (χ3v) is 6.02. The molecule has 3 heterocycles. The molecule has 1 saturated heterocycles. The topological polar surface area (TPSA) is 83.9 Å². The van der Waals surface area contributed by atoms with E-state index in [2.05, 4.69) is 30.6 Å². The Hall–Kier alpha value is -2.87. The number of hydrogen-bond donors (Lipinski definition) is 1. The molecule has 0 bridgehead atoms. The summed E-state index contributed by atoms with van der Waals surface area (Å²) < 4.78 is 0. The molecule has 29 heavy (non-hydrogen) atoms. The molecule has 0 atom stereocenters. The highest BCUT2D eigenvalue weighted by Gasteiger charge is 2.22. The first-order valence-corrected chi connectivity index (χ1v) is 10.7. The van der Waals surface area contributed by atoms with Crippen molar-refractivity contribution in [3.63, 3.8) is 0 Å². The van der Waals surface area contributed by atoms with Crippen LogP contribution in [0.3, 0.4) is 0 Å². The van der Waals surface area contributed by atoms with Crippen molar-refractivity contribution in [1.82, 2.24) is 20.4 Å². The fourth-order valence-corrected chi connectivity index (χ4v) is 4.39. The highest BCUT2D eigenvalue weighted by atomic mass is 32.1. The van der Waals surface area contributed by atoms with E-state index in [0.29, 0.717) is 17.5 Å². The van der Waals surface area contributed by atoms with Gasteiger partial charge in [-0.1, -0.05) is 41.2 Å². The molecule has 1 aromatic carbocycles. The number of hydrogen-bond acceptors (Lipinski definition) is 7. The number of anilines is 2. The number of carbonyl (C=O) groups excluding carboxylic acids is 1. The van der Waals surface area contributed by atoms with Gasteiger partial charge in [0.15, 0.2) is 5.82 Å². The van der Waals surface area contributed by atoms with E-state index < -0.39 is 0 Å². The van der Waals surface area contributed by atoms with E-state index in [9.17, 15) is 4.79 Å².